The number of halogens is 5. The van der Waals surface area contributed by atoms with E-state index in [2.05, 4.69) is 10.00 Å². The van der Waals surface area contributed by atoms with Crippen LogP contribution in [0.3, 0.4) is 0 Å². The van der Waals surface area contributed by atoms with Crippen molar-refractivity contribution in [3.63, 3.8) is 0 Å². The highest BCUT2D eigenvalue weighted by molar-refractivity contribution is 7.91. The molecule has 2 aliphatic carbocycles. The molecule has 0 bridgehead atoms. The summed E-state index contributed by atoms with van der Waals surface area (Å²) in [6.07, 6.45) is -3.19. The lowest BCUT2D eigenvalue weighted by Gasteiger charge is -2.43. The van der Waals surface area contributed by atoms with Gasteiger partial charge < -0.3 is 0 Å². The average Bonchev–Trinajstić information content (AvgIpc) is 3.02. The zero-order valence-electron chi connectivity index (χ0n) is 17.0. The molecular formula is C20H26F5N3O2S. The van der Waals surface area contributed by atoms with Gasteiger partial charge in [0.05, 0.1) is 11.5 Å². The molecule has 31 heavy (non-hydrogen) atoms. The smallest absolute Gasteiger partial charge is 0.300 e. The Hall–Kier alpha value is -1.23. The molecular weight excluding hydrogens is 441 g/mol. The summed E-state index contributed by atoms with van der Waals surface area (Å²) >= 11 is 0. The number of fused-ring (bicyclic) bond motifs is 1. The molecule has 0 aromatic carbocycles. The maximum Gasteiger partial charge on any atom is 0.435 e. The minimum Gasteiger partial charge on any atom is -0.300 e. The van der Waals surface area contributed by atoms with Crippen LogP contribution in [0.15, 0.2) is 6.07 Å². The van der Waals surface area contributed by atoms with E-state index in [4.69, 9.17) is 0 Å². The fraction of sp³-hybridized carbons (Fsp3) is 0.850. The van der Waals surface area contributed by atoms with Gasteiger partial charge in [0.2, 0.25) is 0 Å². The molecule has 5 nitrogen and oxygen atoms in total. The van der Waals surface area contributed by atoms with Crippen molar-refractivity contribution in [1.29, 1.82) is 0 Å². The molecule has 0 radical (unpaired) electrons. The minimum atomic E-state index is -4.65. The molecule has 1 aromatic heterocycles. The Labute approximate surface area is 177 Å². The van der Waals surface area contributed by atoms with Gasteiger partial charge in [-0.2, -0.15) is 18.3 Å². The van der Waals surface area contributed by atoms with E-state index in [0.29, 0.717) is 12.5 Å². The van der Waals surface area contributed by atoms with Gasteiger partial charge in [-0.15, -0.1) is 0 Å². The van der Waals surface area contributed by atoms with E-state index in [-0.39, 0.29) is 40.4 Å². The third-order valence-corrected chi connectivity index (χ3v) is 9.73. The van der Waals surface area contributed by atoms with Gasteiger partial charge in [0.15, 0.2) is 15.5 Å². The minimum absolute atomic E-state index is 0.149. The third-order valence-electron chi connectivity index (χ3n) is 7.85. The predicted octanol–water partition coefficient (Wildman–Crippen LogP) is 3.56. The van der Waals surface area contributed by atoms with E-state index in [9.17, 15) is 30.4 Å². The maximum atomic E-state index is 13.1. The summed E-state index contributed by atoms with van der Waals surface area (Å²) in [6, 6.07) is 1.24. The van der Waals surface area contributed by atoms with Crippen LogP contribution in [0.1, 0.15) is 49.4 Å². The van der Waals surface area contributed by atoms with Crippen molar-refractivity contribution >= 4 is 9.84 Å². The number of aromatic nitrogens is 2. The first-order valence-corrected chi connectivity index (χ1v) is 12.7. The van der Waals surface area contributed by atoms with Gasteiger partial charge in [-0.05, 0) is 62.0 Å². The normalized spacial score (nSPS) is 37.6. The molecule has 5 atom stereocenters. The highest BCUT2D eigenvalue weighted by Gasteiger charge is 2.59. The first-order chi connectivity index (χ1) is 14.5. The summed E-state index contributed by atoms with van der Waals surface area (Å²) in [5.74, 6) is 0.734. The second-order valence-electron chi connectivity index (χ2n) is 9.92. The molecule has 174 valence electrons. The Morgan fingerprint density at radius 1 is 1.19 bits per heavy atom. The molecule has 0 N–H and O–H groups in total. The molecule has 3 heterocycles. The van der Waals surface area contributed by atoms with Gasteiger partial charge in [-0.25, -0.2) is 17.2 Å². The number of hydrogen-bond acceptors (Lipinski definition) is 4. The Morgan fingerprint density at radius 2 is 1.90 bits per heavy atom. The number of piperidine rings is 1. The van der Waals surface area contributed by atoms with E-state index in [1.165, 1.54) is 0 Å². The molecule has 4 aliphatic rings. The van der Waals surface area contributed by atoms with Crippen molar-refractivity contribution in [3.05, 3.63) is 17.5 Å². The second kappa shape index (κ2) is 7.13. The SMILES string of the molecule is O=S1(=O)CC[C@@]2(CCCN(C3C[C@@H]4C(c5cc(C(F)(F)F)nn5CC(F)F)[C@@H]4C3)C2)C1. The topological polar surface area (TPSA) is 55.2 Å². The van der Waals surface area contributed by atoms with Crippen molar-refractivity contribution in [2.75, 3.05) is 24.6 Å². The number of rotatable bonds is 4. The fourth-order valence-corrected chi connectivity index (χ4v) is 8.73. The molecule has 11 heteroatoms. The number of sulfone groups is 1. The zero-order valence-corrected chi connectivity index (χ0v) is 17.8. The van der Waals surface area contributed by atoms with Crippen molar-refractivity contribution in [2.24, 2.45) is 17.3 Å². The highest BCUT2D eigenvalue weighted by Crippen LogP contribution is 2.64. The lowest BCUT2D eigenvalue weighted by atomic mass is 9.79. The van der Waals surface area contributed by atoms with Crippen molar-refractivity contribution < 1.29 is 30.4 Å². The average molecular weight is 468 g/mol. The van der Waals surface area contributed by atoms with Gasteiger partial charge in [0, 0.05) is 24.2 Å². The molecule has 4 fully saturated rings. The van der Waals surface area contributed by atoms with E-state index >= 15 is 0 Å². The molecule has 1 spiro atoms. The van der Waals surface area contributed by atoms with Crippen LogP contribution in [0.25, 0.3) is 0 Å². The van der Waals surface area contributed by atoms with Gasteiger partial charge in [-0.3, -0.25) is 9.58 Å². The van der Waals surface area contributed by atoms with E-state index < -0.39 is 34.7 Å². The van der Waals surface area contributed by atoms with Crippen LogP contribution in [0.5, 0.6) is 0 Å². The number of nitrogens with zero attached hydrogens (tertiary/aromatic N) is 3. The van der Waals surface area contributed by atoms with Crippen LogP contribution in [0, 0.1) is 17.3 Å². The van der Waals surface area contributed by atoms with E-state index in [1.54, 1.807) is 0 Å². The van der Waals surface area contributed by atoms with E-state index in [0.717, 1.165) is 49.5 Å². The predicted molar refractivity (Wildman–Crippen MR) is 102 cm³/mol. The Kier molecular flexibility index (Phi) is 4.97. The largest absolute Gasteiger partial charge is 0.435 e. The van der Waals surface area contributed by atoms with Crippen LogP contribution in [0.4, 0.5) is 22.0 Å². The first kappa shape index (κ1) is 21.6. The Bertz CT molecular complexity index is 951. The Balaban J connectivity index is 1.27. The summed E-state index contributed by atoms with van der Waals surface area (Å²) < 4.78 is 89.9. The summed E-state index contributed by atoms with van der Waals surface area (Å²) in [5, 5.41) is 3.43. The molecule has 2 unspecified atom stereocenters. The molecule has 1 aromatic rings. The molecule has 2 saturated heterocycles. The van der Waals surface area contributed by atoms with Gasteiger partial charge in [0.25, 0.3) is 6.43 Å². The van der Waals surface area contributed by atoms with Crippen molar-refractivity contribution in [3.8, 4) is 0 Å². The highest BCUT2D eigenvalue weighted by atomic mass is 32.2. The number of likely N-dealkylation sites (tertiary alicyclic amines) is 1. The summed E-state index contributed by atoms with van der Waals surface area (Å²) in [7, 11) is -2.96. The molecule has 2 saturated carbocycles. The van der Waals surface area contributed by atoms with Crippen molar-refractivity contribution in [1.82, 2.24) is 14.7 Å². The van der Waals surface area contributed by atoms with E-state index in [1.807, 2.05) is 0 Å². The second-order valence-corrected chi connectivity index (χ2v) is 12.1. The molecule has 5 rings (SSSR count). The van der Waals surface area contributed by atoms with Crippen LogP contribution in [0.2, 0.25) is 0 Å². The zero-order chi connectivity index (χ0) is 22.2. The van der Waals surface area contributed by atoms with Crippen LogP contribution >= 0.6 is 0 Å². The van der Waals surface area contributed by atoms with Crippen LogP contribution in [-0.4, -0.2) is 60.2 Å². The summed E-state index contributed by atoms with van der Waals surface area (Å²) in [5.41, 5.74) is -0.982. The third kappa shape index (κ3) is 4.00. The lowest BCUT2D eigenvalue weighted by Crippen LogP contribution is -2.48. The van der Waals surface area contributed by atoms with Crippen LogP contribution in [-0.2, 0) is 22.6 Å². The molecule has 0 amide bonds. The van der Waals surface area contributed by atoms with Crippen LogP contribution < -0.4 is 0 Å². The molecule has 2 aliphatic heterocycles. The Morgan fingerprint density at radius 3 is 2.48 bits per heavy atom. The van der Waals surface area contributed by atoms with Gasteiger partial charge in [-0.1, -0.05) is 0 Å². The fourth-order valence-electron chi connectivity index (χ4n) is 6.53. The first-order valence-electron chi connectivity index (χ1n) is 10.8. The maximum absolute atomic E-state index is 13.1. The standard InChI is InChI=1S/C20H26F5N3O2S/c21-17(22)9-28-15(8-16(26-28)20(23,24)25)18-13-6-12(7-14(13)18)27-4-1-2-19(10-27)3-5-31(29,30)11-19/h8,12-14,17-18H,1-7,9-11H2/t12?,13-,14+,18?,19-/m1/s1. The van der Waals surface area contributed by atoms with Gasteiger partial charge in [0.1, 0.15) is 6.54 Å². The summed E-state index contributed by atoms with van der Waals surface area (Å²) in [4.78, 5) is 2.38. The number of alkyl halides is 5. The van der Waals surface area contributed by atoms with Gasteiger partial charge >= 0.3 is 6.18 Å². The quantitative estimate of drug-likeness (QED) is 0.636. The lowest BCUT2D eigenvalue weighted by molar-refractivity contribution is -0.141. The number of hydrogen-bond donors (Lipinski definition) is 0. The summed E-state index contributed by atoms with van der Waals surface area (Å²) in [6.45, 7) is 0.856. The van der Waals surface area contributed by atoms with Crippen molar-refractivity contribution in [2.45, 2.75) is 63.2 Å². The monoisotopic (exact) mass is 467 g/mol.